The van der Waals surface area contributed by atoms with Crippen LogP contribution in [0.1, 0.15) is 18.4 Å². The van der Waals surface area contributed by atoms with E-state index in [1.54, 1.807) is 24.3 Å². The molecule has 0 fully saturated rings. The largest absolute Gasteiger partial charge is 0.480 e. The van der Waals surface area contributed by atoms with E-state index >= 15 is 0 Å². The minimum absolute atomic E-state index is 0.00242. The minimum atomic E-state index is -1.19. The zero-order chi connectivity index (χ0) is 14.3. The second-order valence-electron chi connectivity index (χ2n) is 3.99. The molecule has 1 rings (SSSR count). The Morgan fingerprint density at radius 3 is 2.37 bits per heavy atom. The van der Waals surface area contributed by atoms with Crippen molar-refractivity contribution < 1.29 is 24.2 Å². The number of nitrogens with two attached hydrogens (primary N) is 1. The van der Waals surface area contributed by atoms with Gasteiger partial charge in [-0.15, -0.1) is 0 Å². The number of rotatable bonds is 6. The van der Waals surface area contributed by atoms with Crippen LogP contribution in [0, 0.1) is 0 Å². The average molecular weight is 265 g/mol. The summed E-state index contributed by atoms with van der Waals surface area (Å²) in [6, 6.07) is 7.72. The summed E-state index contributed by atoms with van der Waals surface area (Å²) < 4.78 is 4.56. The van der Waals surface area contributed by atoms with Crippen LogP contribution < -0.4 is 5.73 Å². The number of carboxylic acids is 1. The number of aliphatic carboxylic acids is 1. The maximum Gasteiger partial charge on any atom is 0.320 e. The summed E-state index contributed by atoms with van der Waals surface area (Å²) in [6.07, 6.45) is -0.266. The number of hydrogen-bond acceptors (Lipinski definition) is 5. The molecule has 0 unspecified atom stereocenters. The molecule has 0 aliphatic rings. The van der Waals surface area contributed by atoms with Crippen LogP contribution >= 0.6 is 0 Å². The van der Waals surface area contributed by atoms with Crippen molar-refractivity contribution in [3.05, 3.63) is 35.9 Å². The molecule has 0 saturated heterocycles. The third-order valence-corrected chi connectivity index (χ3v) is 2.40. The lowest BCUT2D eigenvalue weighted by atomic mass is 10.1. The van der Waals surface area contributed by atoms with Crippen molar-refractivity contribution in [2.24, 2.45) is 5.73 Å². The number of esters is 2. The lowest BCUT2D eigenvalue weighted by Gasteiger charge is -2.06. The van der Waals surface area contributed by atoms with Crippen LogP contribution in [-0.2, 0) is 25.5 Å². The fraction of sp³-hybridized carbons (Fsp3) is 0.308. The summed E-state index contributed by atoms with van der Waals surface area (Å²) >= 11 is 0. The topological polar surface area (TPSA) is 107 Å². The molecule has 1 atom stereocenters. The molecule has 3 N–H and O–H groups in total. The number of benzene rings is 1. The third kappa shape index (κ3) is 5.78. The Morgan fingerprint density at radius 1 is 1.16 bits per heavy atom. The highest BCUT2D eigenvalue weighted by atomic mass is 16.6. The first-order chi connectivity index (χ1) is 8.99. The summed E-state index contributed by atoms with van der Waals surface area (Å²) in [6.45, 7) is 0. The van der Waals surface area contributed by atoms with Crippen molar-refractivity contribution in [2.75, 3.05) is 0 Å². The summed E-state index contributed by atoms with van der Waals surface area (Å²) in [5.74, 6) is -2.62. The van der Waals surface area contributed by atoms with Crippen molar-refractivity contribution in [2.45, 2.75) is 25.3 Å². The second kappa shape index (κ2) is 7.27. The van der Waals surface area contributed by atoms with Gasteiger partial charge in [-0.25, -0.2) is 0 Å². The van der Waals surface area contributed by atoms with Gasteiger partial charge in [-0.1, -0.05) is 30.3 Å². The lowest BCUT2D eigenvalue weighted by Crippen LogP contribution is -2.31. The molecule has 1 aromatic carbocycles. The first-order valence-electron chi connectivity index (χ1n) is 5.75. The van der Waals surface area contributed by atoms with Crippen LogP contribution in [0.15, 0.2) is 30.3 Å². The fourth-order valence-electron chi connectivity index (χ4n) is 1.37. The molecule has 0 amide bonds. The molecule has 102 valence electrons. The van der Waals surface area contributed by atoms with Crippen molar-refractivity contribution in [3.63, 3.8) is 0 Å². The van der Waals surface area contributed by atoms with E-state index in [4.69, 9.17) is 10.8 Å². The van der Waals surface area contributed by atoms with Crippen molar-refractivity contribution in [1.82, 2.24) is 0 Å². The van der Waals surface area contributed by atoms with Gasteiger partial charge in [-0.2, -0.15) is 0 Å². The molecule has 0 aliphatic carbocycles. The molecular formula is C13H15NO5. The molecule has 0 aromatic heterocycles. The fourth-order valence-corrected chi connectivity index (χ4v) is 1.37. The van der Waals surface area contributed by atoms with Gasteiger partial charge < -0.3 is 15.6 Å². The Hall–Kier alpha value is -2.21. The van der Waals surface area contributed by atoms with Crippen LogP contribution in [0.2, 0.25) is 0 Å². The van der Waals surface area contributed by atoms with Crippen molar-refractivity contribution in [1.29, 1.82) is 0 Å². The smallest absolute Gasteiger partial charge is 0.320 e. The third-order valence-electron chi connectivity index (χ3n) is 2.40. The maximum atomic E-state index is 11.4. The Bertz CT molecular complexity index is 457. The first kappa shape index (κ1) is 14.8. The zero-order valence-electron chi connectivity index (χ0n) is 10.2. The number of ether oxygens (including phenoxy) is 1. The number of carbonyl (C=O) groups is 3. The van der Waals surface area contributed by atoms with E-state index in [0.717, 1.165) is 5.56 Å². The lowest BCUT2D eigenvalue weighted by molar-refractivity contribution is -0.159. The quantitative estimate of drug-likeness (QED) is 0.572. The Labute approximate surface area is 110 Å². The van der Waals surface area contributed by atoms with Gasteiger partial charge in [0.2, 0.25) is 0 Å². The summed E-state index contributed by atoms with van der Waals surface area (Å²) in [4.78, 5) is 33.1. The highest BCUT2D eigenvalue weighted by molar-refractivity contribution is 5.86. The van der Waals surface area contributed by atoms with E-state index in [9.17, 15) is 14.4 Å². The highest BCUT2D eigenvalue weighted by Crippen LogP contribution is 2.03. The van der Waals surface area contributed by atoms with Crippen LogP contribution in [0.25, 0.3) is 0 Å². The predicted molar refractivity (Wildman–Crippen MR) is 66.1 cm³/mol. The molecule has 0 radical (unpaired) electrons. The van der Waals surface area contributed by atoms with Gasteiger partial charge in [-0.3, -0.25) is 14.4 Å². The Balaban J connectivity index is 2.32. The van der Waals surface area contributed by atoms with E-state index in [2.05, 4.69) is 4.74 Å². The Morgan fingerprint density at radius 2 is 1.79 bits per heavy atom. The van der Waals surface area contributed by atoms with E-state index in [1.165, 1.54) is 0 Å². The molecule has 0 aliphatic heterocycles. The molecule has 0 spiro atoms. The molecule has 19 heavy (non-hydrogen) atoms. The van der Waals surface area contributed by atoms with Crippen molar-refractivity contribution in [3.8, 4) is 0 Å². The molecule has 6 heteroatoms. The summed E-state index contributed by atoms with van der Waals surface area (Å²) in [5, 5.41) is 8.53. The summed E-state index contributed by atoms with van der Waals surface area (Å²) in [5.41, 5.74) is 5.97. The van der Waals surface area contributed by atoms with Gasteiger partial charge in [0.1, 0.15) is 6.04 Å². The monoisotopic (exact) mass is 265 g/mol. The van der Waals surface area contributed by atoms with Gasteiger partial charge in [0.05, 0.1) is 6.42 Å². The molecule has 1 aromatic rings. The SMILES string of the molecule is N[C@@H](CCC(=O)OC(=O)Cc1ccccc1)C(=O)O. The zero-order valence-corrected chi connectivity index (χ0v) is 10.2. The van der Waals surface area contributed by atoms with Crippen molar-refractivity contribution >= 4 is 17.9 Å². The molecule has 6 nitrogen and oxygen atoms in total. The van der Waals surface area contributed by atoms with E-state index in [0.29, 0.717) is 0 Å². The number of hydrogen-bond donors (Lipinski definition) is 2. The van der Waals surface area contributed by atoms with Crippen LogP contribution in [0.3, 0.4) is 0 Å². The van der Waals surface area contributed by atoms with Gasteiger partial charge in [0.25, 0.3) is 0 Å². The van der Waals surface area contributed by atoms with Gasteiger partial charge >= 0.3 is 17.9 Å². The molecular weight excluding hydrogens is 250 g/mol. The highest BCUT2D eigenvalue weighted by Gasteiger charge is 2.16. The van der Waals surface area contributed by atoms with Gasteiger partial charge in [-0.05, 0) is 12.0 Å². The standard InChI is InChI=1S/C13H15NO5/c14-10(13(17)18)6-7-11(15)19-12(16)8-9-4-2-1-3-5-9/h1-5,10H,6-8,14H2,(H,17,18)/t10-/m0/s1. The average Bonchev–Trinajstić information content (AvgIpc) is 2.36. The molecule has 0 heterocycles. The van der Waals surface area contributed by atoms with E-state index in [1.807, 2.05) is 6.07 Å². The van der Waals surface area contributed by atoms with Gasteiger partial charge in [0, 0.05) is 6.42 Å². The second-order valence-corrected chi connectivity index (χ2v) is 3.99. The molecule has 0 bridgehead atoms. The van der Waals surface area contributed by atoms with E-state index < -0.39 is 23.9 Å². The minimum Gasteiger partial charge on any atom is -0.480 e. The first-order valence-corrected chi connectivity index (χ1v) is 5.75. The predicted octanol–water partition coefficient (Wildman–Crippen LogP) is 0.491. The maximum absolute atomic E-state index is 11.4. The van der Waals surface area contributed by atoms with Crippen LogP contribution in [-0.4, -0.2) is 29.1 Å². The summed E-state index contributed by atoms with van der Waals surface area (Å²) in [7, 11) is 0. The van der Waals surface area contributed by atoms with Crippen LogP contribution in [0.5, 0.6) is 0 Å². The van der Waals surface area contributed by atoms with Crippen LogP contribution in [0.4, 0.5) is 0 Å². The Kier molecular flexibility index (Phi) is 5.69. The number of carbonyl (C=O) groups excluding carboxylic acids is 2. The molecule has 0 saturated carbocycles. The normalized spacial score (nSPS) is 11.6. The van der Waals surface area contributed by atoms with E-state index in [-0.39, 0.29) is 19.3 Å². The van der Waals surface area contributed by atoms with Gasteiger partial charge in [0.15, 0.2) is 0 Å². The number of carboxylic acid groups (broad SMARTS) is 1.